The van der Waals surface area contributed by atoms with E-state index < -0.39 is 0 Å². The van der Waals surface area contributed by atoms with Gasteiger partial charge in [-0.2, -0.15) is 0 Å². The molecular weight excluding hydrogens is 732 g/mol. The lowest BCUT2D eigenvalue weighted by Crippen LogP contribution is -2.22. The van der Waals surface area contributed by atoms with Crippen molar-refractivity contribution in [2.24, 2.45) is 11.8 Å². The molecule has 0 saturated heterocycles. The minimum Gasteiger partial charge on any atom is -0.501 e. The number of ether oxygens (including phenoxy) is 8. The summed E-state index contributed by atoms with van der Waals surface area (Å²) in [7, 11) is 1.62. The summed E-state index contributed by atoms with van der Waals surface area (Å²) in [6.45, 7) is 3.08. The number of rotatable bonds is 12. The number of esters is 1. The number of benzene rings is 3. The number of hydrogen-bond acceptors (Lipinski definition) is 12. The highest BCUT2D eigenvalue weighted by Crippen LogP contribution is 2.36. The van der Waals surface area contributed by atoms with Gasteiger partial charge < -0.3 is 37.9 Å². The smallest absolute Gasteiger partial charge is 0.330 e. The van der Waals surface area contributed by atoms with E-state index in [9.17, 15) is 19.2 Å². The molecule has 8 rings (SSSR count). The Labute approximate surface area is 333 Å². The summed E-state index contributed by atoms with van der Waals surface area (Å²) in [5.41, 5.74) is 3.54. The Kier molecular flexibility index (Phi) is 14.6. The average molecular weight is 783 g/mol. The van der Waals surface area contributed by atoms with Gasteiger partial charge in [-0.05, 0) is 110 Å². The number of aryl methyl sites for hydroxylation is 3. The Morgan fingerprint density at radius 1 is 0.649 bits per heavy atom. The predicted molar refractivity (Wildman–Crippen MR) is 209 cm³/mol. The highest BCUT2D eigenvalue weighted by atomic mass is 16.7. The Morgan fingerprint density at radius 2 is 1.12 bits per heavy atom. The summed E-state index contributed by atoms with van der Waals surface area (Å²) in [5.74, 6) is 6.23. The van der Waals surface area contributed by atoms with Crippen LogP contribution in [0.1, 0.15) is 75.0 Å². The summed E-state index contributed by atoms with van der Waals surface area (Å²) >= 11 is 0. The molecule has 5 aliphatic rings. The second-order valence-electron chi connectivity index (χ2n) is 14.4. The van der Waals surface area contributed by atoms with Crippen LogP contribution in [-0.4, -0.2) is 57.4 Å². The topological polar surface area (TPSA) is 142 Å². The average Bonchev–Trinajstić information content (AvgIpc) is 3.99. The molecule has 1 saturated carbocycles. The molecule has 1 unspecified atom stereocenters. The van der Waals surface area contributed by atoms with Crippen LogP contribution in [-0.2, 0) is 47.9 Å². The molecule has 12 nitrogen and oxygen atoms in total. The van der Waals surface area contributed by atoms with Gasteiger partial charge in [-0.3, -0.25) is 14.4 Å². The molecule has 3 heterocycles. The Hall–Kier alpha value is -5.78. The molecule has 12 heteroatoms. The van der Waals surface area contributed by atoms with Gasteiger partial charge in [-0.25, -0.2) is 4.79 Å². The van der Waals surface area contributed by atoms with E-state index in [0.717, 1.165) is 96.3 Å². The van der Waals surface area contributed by atoms with Gasteiger partial charge >= 0.3 is 5.97 Å². The zero-order valence-electron chi connectivity index (χ0n) is 32.6. The van der Waals surface area contributed by atoms with Crippen LogP contribution in [0.5, 0.6) is 34.5 Å². The maximum atomic E-state index is 11.6. The largest absolute Gasteiger partial charge is 0.501 e. The van der Waals surface area contributed by atoms with Crippen LogP contribution in [0.4, 0.5) is 0 Å². The lowest BCUT2D eigenvalue weighted by Gasteiger charge is -2.21. The first kappa shape index (κ1) is 40.9. The second kappa shape index (κ2) is 20.4. The van der Waals surface area contributed by atoms with Gasteiger partial charge in [0.05, 0.1) is 25.9 Å². The van der Waals surface area contributed by atoms with E-state index in [1.54, 1.807) is 20.1 Å². The molecule has 3 aromatic rings. The molecule has 57 heavy (non-hydrogen) atoms. The number of allylic oxidation sites excluding steroid dienone is 3. The van der Waals surface area contributed by atoms with Gasteiger partial charge in [-0.1, -0.05) is 24.3 Å². The van der Waals surface area contributed by atoms with Crippen molar-refractivity contribution in [1.29, 1.82) is 0 Å². The number of carbonyl (C=O) groups is 4. The van der Waals surface area contributed by atoms with Crippen molar-refractivity contribution >= 4 is 23.3 Å². The van der Waals surface area contributed by atoms with Crippen molar-refractivity contribution in [2.75, 3.05) is 34.1 Å². The van der Waals surface area contributed by atoms with Crippen molar-refractivity contribution in [2.45, 2.75) is 77.6 Å². The van der Waals surface area contributed by atoms with Gasteiger partial charge in [-0.15, -0.1) is 0 Å². The van der Waals surface area contributed by atoms with E-state index in [0.29, 0.717) is 45.4 Å². The van der Waals surface area contributed by atoms with Crippen LogP contribution in [0.15, 0.2) is 78.6 Å². The fourth-order valence-corrected chi connectivity index (χ4v) is 7.22. The molecule has 0 bridgehead atoms. The Balaban J connectivity index is 0.000000145. The van der Waals surface area contributed by atoms with Crippen LogP contribution in [0.25, 0.3) is 0 Å². The van der Waals surface area contributed by atoms with Gasteiger partial charge in [0, 0.05) is 37.8 Å². The Bertz CT molecular complexity index is 1950. The third-order valence-electron chi connectivity index (χ3n) is 10.1. The quantitative estimate of drug-likeness (QED) is 0.101. The summed E-state index contributed by atoms with van der Waals surface area (Å²) < 4.78 is 41.8. The first-order valence-corrected chi connectivity index (χ1v) is 19.5. The van der Waals surface area contributed by atoms with Crippen molar-refractivity contribution in [3.8, 4) is 34.5 Å². The number of fused-ring (bicyclic) bond motifs is 3. The predicted octanol–water partition coefficient (Wildman–Crippen LogP) is 7.61. The van der Waals surface area contributed by atoms with Gasteiger partial charge in [0.1, 0.15) is 11.6 Å². The van der Waals surface area contributed by atoms with E-state index in [1.807, 2.05) is 54.6 Å². The van der Waals surface area contributed by atoms with Gasteiger partial charge in [0.25, 0.3) is 0 Å². The lowest BCUT2D eigenvalue weighted by molar-refractivity contribution is -0.137. The van der Waals surface area contributed by atoms with Crippen LogP contribution >= 0.6 is 0 Å². The van der Waals surface area contributed by atoms with Crippen LogP contribution in [0.2, 0.25) is 0 Å². The third-order valence-corrected chi connectivity index (χ3v) is 10.1. The minimum atomic E-state index is -0.289. The van der Waals surface area contributed by atoms with Crippen molar-refractivity contribution < 1.29 is 57.1 Å². The van der Waals surface area contributed by atoms with Crippen LogP contribution in [0.3, 0.4) is 0 Å². The monoisotopic (exact) mass is 782 g/mol. The third kappa shape index (κ3) is 12.4. The molecule has 0 amide bonds. The number of ketones is 3. The fourth-order valence-electron chi connectivity index (χ4n) is 7.22. The first-order chi connectivity index (χ1) is 27.7. The molecule has 0 spiro atoms. The number of Topliss-reactive ketones (excluding diaryl/α,β-unsaturated/α-hetero) is 2. The highest BCUT2D eigenvalue weighted by molar-refractivity contribution is 6.01. The fraction of sp³-hybridized carbons (Fsp3) is 0.422. The first-order valence-electron chi connectivity index (χ1n) is 19.5. The maximum Gasteiger partial charge on any atom is 0.330 e. The maximum absolute atomic E-state index is 11.6. The summed E-state index contributed by atoms with van der Waals surface area (Å²) in [5, 5.41) is 0. The molecule has 1 atom stereocenters. The highest BCUT2D eigenvalue weighted by Gasteiger charge is 2.25. The number of methoxy groups -OCH3 is 1. The summed E-state index contributed by atoms with van der Waals surface area (Å²) in [6.07, 6.45) is 12.9. The van der Waals surface area contributed by atoms with Gasteiger partial charge in [0.15, 0.2) is 40.3 Å². The van der Waals surface area contributed by atoms with E-state index in [-0.39, 0.29) is 42.5 Å². The lowest BCUT2D eigenvalue weighted by atomic mass is 9.84. The molecule has 3 aliphatic heterocycles. The van der Waals surface area contributed by atoms with Crippen molar-refractivity contribution in [1.82, 2.24) is 0 Å². The molecule has 1 fully saturated rings. The van der Waals surface area contributed by atoms with Crippen molar-refractivity contribution in [3.63, 3.8) is 0 Å². The zero-order valence-corrected chi connectivity index (χ0v) is 32.6. The second-order valence-corrected chi connectivity index (χ2v) is 14.4. The Morgan fingerprint density at radius 3 is 1.61 bits per heavy atom. The van der Waals surface area contributed by atoms with E-state index in [1.165, 1.54) is 11.6 Å². The van der Waals surface area contributed by atoms with Crippen LogP contribution in [0, 0.1) is 11.8 Å². The summed E-state index contributed by atoms with van der Waals surface area (Å²) in [6, 6.07) is 17.8. The molecule has 0 aromatic heterocycles. The summed E-state index contributed by atoms with van der Waals surface area (Å²) in [4.78, 5) is 45.5. The zero-order chi connectivity index (χ0) is 40.0. The SMILES string of the molecule is CCOC(=O)/C=C/CCc1ccc2c(c1)OCO2.COC1=CC(=O)CC(CCc2ccc3c(c2)OCO3)C1.O=C1CC(=O)CC(CCc2ccc3c(c2)OCO3)C1. The molecule has 2 aliphatic carbocycles. The molecule has 0 N–H and O–H groups in total. The molecule has 302 valence electrons. The normalized spacial score (nSPS) is 17.7. The standard InChI is InChI=1S/C16H18O4.C15H16O4.C14H16O4/c1-18-14-7-12(6-13(17)9-14)3-2-11-4-5-15-16(8-11)20-10-19-15;16-12-5-11(6-13(17)8-12)2-1-10-3-4-14-15(7-10)19-9-18-14;1-2-16-14(15)6-4-3-5-11-7-8-12-13(9-11)18-10-17-12/h4-5,8-9,12H,2-3,6-7,10H2,1H3;3-4,7,11H,1-2,5-6,8-9H2;4,6-9H,2-3,5,10H2,1H3/b;;6-4+. The number of hydrogen-bond donors (Lipinski definition) is 0. The van der Waals surface area contributed by atoms with E-state index in [2.05, 4.69) is 6.07 Å². The van der Waals surface area contributed by atoms with Crippen molar-refractivity contribution in [3.05, 3.63) is 95.3 Å². The number of carbonyl (C=O) groups excluding carboxylic acids is 4. The molecule has 3 aromatic carbocycles. The minimum absolute atomic E-state index is 0.0898. The van der Waals surface area contributed by atoms with Crippen LogP contribution < -0.4 is 28.4 Å². The van der Waals surface area contributed by atoms with E-state index in [4.69, 9.17) is 37.9 Å². The van der Waals surface area contributed by atoms with Gasteiger partial charge in [0.2, 0.25) is 20.4 Å². The molecule has 0 radical (unpaired) electrons. The van der Waals surface area contributed by atoms with E-state index >= 15 is 0 Å². The molecular formula is C45H50O12.